The summed E-state index contributed by atoms with van der Waals surface area (Å²) in [5.74, 6) is 0.0734. The molecule has 0 aromatic heterocycles. The van der Waals surface area contributed by atoms with Crippen LogP contribution in [0.25, 0.3) is 0 Å². The zero-order valence-electron chi connectivity index (χ0n) is 9.23. The maximum atomic E-state index is 12.1. The molecule has 79 valence electrons. The van der Waals surface area contributed by atoms with Crippen molar-refractivity contribution in [3.8, 4) is 0 Å². The number of aryl methyl sites for hydroxylation is 1. The molecule has 0 spiro atoms. The highest BCUT2D eigenvalue weighted by atomic mass is 16.1. The van der Waals surface area contributed by atoms with Crippen molar-refractivity contribution >= 4 is 5.78 Å². The van der Waals surface area contributed by atoms with Crippen LogP contribution in [0.15, 0.2) is 48.5 Å². The van der Waals surface area contributed by atoms with Crippen molar-refractivity contribution in [3.05, 3.63) is 71.3 Å². The molecule has 1 nitrogen and oxygen atoms in total. The van der Waals surface area contributed by atoms with Crippen LogP contribution in [0.1, 0.15) is 28.4 Å². The van der Waals surface area contributed by atoms with Gasteiger partial charge >= 0.3 is 0 Å². The normalized spacial score (nSPS) is 10.1. The van der Waals surface area contributed by atoms with Crippen molar-refractivity contribution < 1.29 is 4.79 Å². The van der Waals surface area contributed by atoms with Crippen molar-refractivity contribution in [3.63, 3.8) is 0 Å². The first-order chi connectivity index (χ1) is 7.81. The van der Waals surface area contributed by atoms with E-state index in [1.807, 2.05) is 24.3 Å². The maximum Gasteiger partial charge on any atom is 0.193 e. The zero-order valence-corrected chi connectivity index (χ0v) is 9.23. The first kappa shape index (κ1) is 10.6. The fraction of sp³-hybridized carbons (Fsp3) is 0.133. The zero-order chi connectivity index (χ0) is 11.4. The maximum absolute atomic E-state index is 12.1. The Kier molecular flexibility index (Phi) is 3.16. The number of carbonyl (C=O) groups excluding carboxylic acids is 1. The fourth-order valence-electron chi connectivity index (χ4n) is 1.64. The highest BCUT2D eigenvalue weighted by Gasteiger charge is 2.07. The van der Waals surface area contributed by atoms with Crippen LogP contribution in [-0.2, 0) is 6.42 Å². The van der Waals surface area contributed by atoms with Gasteiger partial charge in [0.25, 0.3) is 0 Å². The Morgan fingerprint density at radius 3 is 2.56 bits per heavy atom. The summed E-state index contributed by atoms with van der Waals surface area (Å²) in [6, 6.07) is 17.8. The van der Waals surface area contributed by atoms with Crippen molar-refractivity contribution in [2.45, 2.75) is 13.3 Å². The summed E-state index contributed by atoms with van der Waals surface area (Å²) in [6.07, 6.45) is 0.948. The SMILES string of the molecule is CCc1cccc(C(=O)c2cc[c]cc2)c1. The largest absolute Gasteiger partial charge is 0.289 e. The van der Waals surface area contributed by atoms with E-state index in [1.165, 1.54) is 5.56 Å². The molecule has 0 saturated heterocycles. The lowest BCUT2D eigenvalue weighted by Gasteiger charge is -2.02. The molecule has 0 fully saturated rings. The predicted octanol–water partition coefficient (Wildman–Crippen LogP) is 3.28. The van der Waals surface area contributed by atoms with Gasteiger partial charge < -0.3 is 0 Å². The molecule has 1 radical (unpaired) electrons. The number of hydrogen-bond donors (Lipinski definition) is 0. The van der Waals surface area contributed by atoms with Crippen LogP contribution in [-0.4, -0.2) is 5.78 Å². The van der Waals surface area contributed by atoms with Gasteiger partial charge in [-0.05, 0) is 24.1 Å². The van der Waals surface area contributed by atoms with E-state index in [0.717, 1.165) is 12.0 Å². The second kappa shape index (κ2) is 4.75. The standard InChI is InChI=1S/C15H13O/c1-2-12-7-6-10-14(11-12)15(16)13-8-4-3-5-9-13/h4-11H,2H2,1H3. The minimum atomic E-state index is 0.0734. The second-order valence-corrected chi connectivity index (χ2v) is 3.67. The first-order valence-corrected chi connectivity index (χ1v) is 5.41. The summed E-state index contributed by atoms with van der Waals surface area (Å²) in [7, 11) is 0. The summed E-state index contributed by atoms with van der Waals surface area (Å²) >= 11 is 0. The Morgan fingerprint density at radius 2 is 1.88 bits per heavy atom. The third-order valence-electron chi connectivity index (χ3n) is 2.58. The van der Waals surface area contributed by atoms with Gasteiger partial charge in [-0.2, -0.15) is 0 Å². The number of benzene rings is 2. The summed E-state index contributed by atoms with van der Waals surface area (Å²) in [5, 5.41) is 0. The molecule has 0 amide bonds. The lowest BCUT2D eigenvalue weighted by atomic mass is 10.0. The average Bonchev–Trinajstić information content (AvgIpc) is 2.39. The van der Waals surface area contributed by atoms with Gasteiger partial charge in [-0.15, -0.1) is 0 Å². The Balaban J connectivity index is 2.34. The lowest BCUT2D eigenvalue weighted by molar-refractivity contribution is 0.103. The van der Waals surface area contributed by atoms with Crippen molar-refractivity contribution in [2.75, 3.05) is 0 Å². The smallest absolute Gasteiger partial charge is 0.193 e. The number of rotatable bonds is 3. The van der Waals surface area contributed by atoms with E-state index >= 15 is 0 Å². The van der Waals surface area contributed by atoms with Crippen LogP contribution in [0.2, 0.25) is 0 Å². The molecule has 2 rings (SSSR count). The predicted molar refractivity (Wildman–Crippen MR) is 64.5 cm³/mol. The van der Waals surface area contributed by atoms with Gasteiger partial charge in [-0.25, -0.2) is 0 Å². The average molecular weight is 209 g/mol. The molecule has 1 heteroatoms. The van der Waals surface area contributed by atoms with Gasteiger partial charge in [0.2, 0.25) is 0 Å². The van der Waals surface area contributed by atoms with Crippen LogP contribution < -0.4 is 0 Å². The number of carbonyl (C=O) groups is 1. The second-order valence-electron chi connectivity index (χ2n) is 3.67. The molecule has 0 heterocycles. The van der Waals surface area contributed by atoms with Crippen LogP contribution in [0.4, 0.5) is 0 Å². The third-order valence-corrected chi connectivity index (χ3v) is 2.58. The molecule has 16 heavy (non-hydrogen) atoms. The van der Waals surface area contributed by atoms with Crippen LogP contribution in [0.3, 0.4) is 0 Å². The van der Waals surface area contributed by atoms with Crippen molar-refractivity contribution in [1.82, 2.24) is 0 Å². The van der Waals surface area contributed by atoms with E-state index in [9.17, 15) is 4.79 Å². The fourth-order valence-corrected chi connectivity index (χ4v) is 1.64. The van der Waals surface area contributed by atoms with E-state index in [1.54, 1.807) is 24.3 Å². The molecular weight excluding hydrogens is 196 g/mol. The minimum Gasteiger partial charge on any atom is -0.289 e. The van der Waals surface area contributed by atoms with E-state index < -0.39 is 0 Å². The molecule has 0 saturated carbocycles. The molecule has 0 N–H and O–H groups in total. The van der Waals surface area contributed by atoms with Crippen molar-refractivity contribution in [1.29, 1.82) is 0 Å². The summed E-state index contributed by atoms with van der Waals surface area (Å²) < 4.78 is 0. The van der Waals surface area contributed by atoms with E-state index in [0.29, 0.717) is 5.56 Å². The van der Waals surface area contributed by atoms with Gasteiger partial charge in [0.05, 0.1) is 0 Å². The number of ketones is 1. The quantitative estimate of drug-likeness (QED) is 0.709. The van der Waals surface area contributed by atoms with Gasteiger partial charge in [0.1, 0.15) is 0 Å². The van der Waals surface area contributed by atoms with Crippen LogP contribution >= 0.6 is 0 Å². The Morgan fingerprint density at radius 1 is 1.12 bits per heavy atom. The topological polar surface area (TPSA) is 17.1 Å². The first-order valence-electron chi connectivity index (χ1n) is 5.41. The van der Waals surface area contributed by atoms with Crippen LogP contribution in [0, 0.1) is 6.07 Å². The summed E-state index contributed by atoms with van der Waals surface area (Å²) in [4.78, 5) is 12.1. The molecule has 0 aliphatic heterocycles. The summed E-state index contributed by atoms with van der Waals surface area (Å²) in [5.41, 5.74) is 2.66. The van der Waals surface area contributed by atoms with Gasteiger partial charge in [0, 0.05) is 11.1 Å². The van der Waals surface area contributed by atoms with Crippen LogP contribution in [0.5, 0.6) is 0 Å². The molecule has 0 aliphatic carbocycles. The molecule has 0 aliphatic rings. The molecule has 0 bridgehead atoms. The Bertz CT molecular complexity index is 486. The minimum absolute atomic E-state index is 0.0734. The monoisotopic (exact) mass is 209 g/mol. The molecule has 2 aromatic carbocycles. The van der Waals surface area contributed by atoms with Crippen molar-refractivity contribution in [2.24, 2.45) is 0 Å². The molecule has 0 atom stereocenters. The Labute approximate surface area is 95.7 Å². The van der Waals surface area contributed by atoms with Gasteiger partial charge in [-0.3, -0.25) is 4.79 Å². The lowest BCUT2D eigenvalue weighted by Crippen LogP contribution is -2.01. The molecular formula is C15H13O. The van der Waals surface area contributed by atoms with E-state index in [-0.39, 0.29) is 5.78 Å². The molecule has 0 unspecified atom stereocenters. The van der Waals surface area contributed by atoms with E-state index in [2.05, 4.69) is 13.0 Å². The Hall–Kier alpha value is -1.89. The molecule has 2 aromatic rings. The summed E-state index contributed by atoms with van der Waals surface area (Å²) in [6.45, 7) is 2.08. The van der Waals surface area contributed by atoms with E-state index in [4.69, 9.17) is 0 Å². The van der Waals surface area contributed by atoms with Gasteiger partial charge in [0.15, 0.2) is 5.78 Å². The third kappa shape index (κ3) is 2.19. The highest BCUT2D eigenvalue weighted by Crippen LogP contribution is 2.11. The van der Waals surface area contributed by atoms with Gasteiger partial charge in [-0.1, -0.05) is 49.4 Å². The number of hydrogen-bond acceptors (Lipinski definition) is 1. The highest BCUT2D eigenvalue weighted by molar-refractivity contribution is 6.09.